The fourth-order valence-electron chi connectivity index (χ4n) is 1.51. The van der Waals surface area contributed by atoms with Crippen LogP contribution >= 0.6 is 0 Å². The Morgan fingerprint density at radius 1 is 1.50 bits per heavy atom. The first-order valence-corrected chi connectivity index (χ1v) is 5.71. The van der Waals surface area contributed by atoms with Crippen LogP contribution in [0.2, 0.25) is 0 Å². The van der Waals surface area contributed by atoms with Gasteiger partial charge in [0.25, 0.3) is 0 Å². The molecule has 0 fully saturated rings. The minimum atomic E-state index is -0.0532. The van der Waals surface area contributed by atoms with Crippen molar-refractivity contribution in [3.63, 3.8) is 0 Å². The largest absolute Gasteiger partial charge is 0.329 e. The van der Waals surface area contributed by atoms with E-state index in [4.69, 9.17) is 0 Å². The number of nitrogens with one attached hydrogen (secondary N) is 2. The van der Waals surface area contributed by atoms with Gasteiger partial charge in [-0.25, -0.2) is 0 Å². The molecule has 1 heterocycles. The lowest BCUT2D eigenvalue weighted by Crippen LogP contribution is -2.37. The van der Waals surface area contributed by atoms with Crippen LogP contribution < -0.4 is 10.9 Å². The van der Waals surface area contributed by atoms with Crippen LogP contribution in [0.4, 0.5) is 0 Å². The maximum absolute atomic E-state index is 10.9. The zero-order chi connectivity index (χ0) is 12.0. The van der Waals surface area contributed by atoms with Gasteiger partial charge in [-0.3, -0.25) is 4.79 Å². The van der Waals surface area contributed by atoms with E-state index in [-0.39, 0.29) is 5.56 Å². The monoisotopic (exact) mass is 223 g/mol. The van der Waals surface area contributed by atoms with Crippen LogP contribution in [0.5, 0.6) is 0 Å². The Morgan fingerprint density at radius 3 is 2.81 bits per heavy atom. The molecule has 0 aliphatic heterocycles. The summed E-state index contributed by atoms with van der Waals surface area (Å²) in [4.78, 5) is 15.8. The Morgan fingerprint density at radius 2 is 2.25 bits per heavy atom. The number of aromatic nitrogens is 1. The van der Waals surface area contributed by atoms with E-state index in [1.54, 1.807) is 12.3 Å². The minimum Gasteiger partial charge on any atom is -0.329 e. The molecule has 0 bridgehead atoms. The number of hydrogen-bond acceptors (Lipinski definition) is 3. The zero-order valence-corrected chi connectivity index (χ0v) is 10.3. The van der Waals surface area contributed by atoms with Crippen LogP contribution in [0.3, 0.4) is 0 Å². The molecule has 2 N–H and O–H groups in total. The summed E-state index contributed by atoms with van der Waals surface area (Å²) in [5.74, 6) is 0. The smallest absolute Gasteiger partial charge is 0.247 e. The van der Waals surface area contributed by atoms with Crippen molar-refractivity contribution in [1.82, 2.24) is 15.2 Å². The summed E-state index contributed by atoms with van der Waals surface area (Å²) < 4.78 is 0. The maximum Gasteiger partial charge on any atom is 0.247 e. The third-order valence-corrected chi connectivity index (χ3v) is 2.63. The summed E-state index contributed by atoms with van der Waals surface area (Å²) in [6.45, 7) is 7.19. The predicted molar refractivity (Wildman–Crippen MR) is 66.5 cm³/mol. The summed E-state index contributed by atoms with van der Waals surface area (Å²) in [6.07, 6.45) is 1.76. The molecule has 4 nitrogen and oxygen atoms in total. The van der Waals surface area contributed by atoms with E-state index < -0.39 is 0 Å². The summed E-state index contributed by atoms with van der Waals surface area (Å²) in [5.41, 5.74) is 1.05. The molecule has 0 spiro atoms. The molecule has 0 saturated heterocycles. The van der Waals surface area contributed by atoms with E-state index in [9.17, 15) is 4.79 Å². The van der Waals surface area contributed by atoms with Gasteiger partial charge in [-0.1, -0.05) is 13.0 Å². The fraction of sp³-hybridized carbons (Fsp3) is 0.583. The molecular weight excluding hydrogens is 202 g/mol. The quantitative estimate of drug-likeness (QED) is 0.750. The highest BCUT2D eigenvalue weighted by atomic mass is 16.1. The van der Waals surface area contributed by atoms with Gasteiger partial charge in [0.15, 0.2) is 0 Å². The molecule has 1 rings (SSSR count). The van der Waals surface area contributed by atoms with Crippen molar-refractivity contribution in [2.75, 3.05) is 20.1 Å². The molecule has 1 unspecified atom stereocenters. The van der Waals surface area contributed by atoms with Crippen molar-refractivity contribution in [2.24, 2.45) is 0 Å². The van der Waals surface area contributed by atoms with Gasteiger partial charge >= 0.3 is 0 Å². The molecule has 4 heteroatoms. The van der Waals surface area contributed by atoms with Crippen molar-refractivity contribution in [3.8, 4) is 0 Å². The predicted octanol–water partition coefficient (Wildman–Crippen LogP) is 0.805. The molecule has 0 aliphatic rings. The molecule has 0 aromatic carbocycles. The molecular formula is C12H21N3O. The van der Waals surface area contributed by atoms with Crippen molar-refractivity contribution >= 4 is 0 Å². The third kappa shape index (κ3) is 4.59. The average Bonchev–Trinajstić information content (AvgIpc) is 2.28. The van der Waals surface area contributed by atoms with Crippen LogP contribution in [0.15, 0.2) is 23.1 Å². The zero-order valence-electron chi connectivity index (χ0n) is 10.3. The molecule has 90 valence electrons. The lowest BCUT2D eigenvalue weighted by Gasteiger charge is -2.20. The number of rotatable bonds is 6. The summed E-state index contributed by atoms with van der Waals surface area (Å²) in [7, 11) is 2.11. The van der Waals surface area contributed by atoms with Crippen LogP contribution in [-0.2, 0) is 6.54 Å². The number of likely N-dealkylation sites (N-methyl/N-ethyl adjacent to an activating group) is 1. The summed E-state index contributed by atoms with van der Waals surface area (Å²) in [6, 6.07) is 3.85. The Bertz CT molecular complexity index is 341. The fourth-order valence-corrected chi connectivity index (χ4v) is 1.51. The van der Waals surface area contributed by atoms with Gasteiger partial charge in [-0.15, -0.1) is 0 Å². The van der Waals surface area contributed by atoms with Gasteiger partial charge in [0.05, 0.1) is 0 Å². The normalized spacial score (nSPS) is 13.0. The first kappa shape index (κ1) is 12.9. The highest BCUT2D eigenvalue weighted by molar-refractivity contribution is 5.08. The standard InChI is InChI=1S/C12H21N3O/c1-4-15(3)9-10(2)13-7-11-5-6-12(16)14-8-11/h5-6,8,10,13H,4,7,9H2,1-3H3,(H,14,16). The van der Waals surface area contributed by atoms with Crippen LogP contribution in [0.1, 0.15) is 19.4 Å². The molecule has 0 amide bonds. The highest BCUT2D eigenvalue weighted by Gasteiger charge is 2.04. The number of hydrogen-bond donors (Lipinski definition) is 2. The van der Waals surface area contributed by atoms with E-state index >= 15 is 0 Å². The number of nitrogens with zero attached hydrogens (tertiary/aromatic N) is 1. The topological polar surface area (TPSA) is 48.1 Å². The molecule has 0 radical (unpaired) electrons. The molecule has 1 aromatic rings. The molecule has 0 saturated carbocycles. The number of H-pyrrole nitrogens is 1. The first-order chi connectivity index (χ1) is 7.61. The van der Waals surface area contributed by atoms with E-state index in [0.29, 0.717) is 6.04 Å². The van der Waals surface area contributed by atoms with Gasteiger partial charge in [0.2, 0.25) is 5.56 Å². The van der Waals surface area contributed by atoms with Gasteiger partial charge in [-0.05, 0) is 26.1 Å². The number of aromatic amines is 1. The molecule has 1 atom stereocenters. The Balaban J connectivity index is 2.34. The SMILES string of the molecule is CCN(C)CC(C)NCc1ccc(=O)[nH]c1. The van der Waals surface area contributed by atoms with E-state index in [2.05, 4.69) is 36.1 Å². The van der Waals surface area contributed by atoms with Crippen LogP contribution in [0, 0.1) is 0 Å². The van der Waals surface area contributed by atoms with Gasteiger partial charge in [0, 0.05) is 31.4 Å². The van der Waals surface area contributed by atoms with Gasteiger partial charge in [0.1, 0.15) is 0 Å². The maximum atomic E-state index is 10.9. The Labute approximate surface area is 96.7 Å². The van der Waals surface area contributed by atoms with Gasteiger partial charge < -0.3 is 15.2 Å². The second kappa shape index (κ2) is 6.45. The second-order valence-electron chi connectivity index (χ2n) is 4.20. The van der Waals surface area contributed by atoms with Crippen LogP contribution in [-0.4, -0.2) is 36.1 Å². The molecule has 1 aromatic heterocycles. The summed E-state index contributed by atoms with van der Waals surface area (Å²) >= 11 is 0. The Kier molecular flexibility index (Phi) is 5.22. The van der Waals surface area contributed by atoms with Crippen molar-refractivity contribution in [2.45, 2.75) is 26.4 Å². The molecule has 0 aliphatic carbocycles. The van der Waals surface area contributed by atoms with Crippen LogP contribution in [0.25, 0.3) is 0 Å². The lowest BCUT2D eigenvalue weighted by molar-refractivity contribution is 0.309. The highest BCUT2D eigenvalue weighted by Crippen LogP contribution is 1.95. The Hall–Kier alpha value is -1.13. The number of pyridine rings is 1. The van der Waals surface area contributed by atoms with Crippen molar-refractivity contribution in [3.05, 3.63) is 34.2 Å². The van der Waals surface area contributed by atoms with E-state index in [1.807, 2.05) is 6.07 Å². The minimum absolute atomic E-state index is 0.0532. The lowest BCUT2D eigenvalue weighted by atomic mass is 10.2. The second-order valence-corrected chi connectivity index (χ2v) is 4.20. The van der Waals surface area contributed by atoms with Gasteiger partial charge in [-0.2, -0.15) is 0 Å². The van der Waals surface area contributed by atoms with E-state index in [1.165, 1.54) is 0 Å². The van der Waals surface area contributed by atoms with E-state index in [0.717, 1.165) is 25.2 Å². The molecule has 16 heavy (non-hydrogen) atoms. The third-order valence-electron chi connectivity index (χ3n) is 2.63. The first-order valence-electron chi connectivity index (χ1n) is 5.71. The summed E-state index contributed by atoms with van der Waals surface area (Å²) in [5, 5.41) is 3.42. The average molecular weight is 223 g/mol. The van der Waals surface area contributed by atoms with Crippen molar-refractivity contribution < 1.29 is 0 Å². The van der Waals surface area contributed by atoms with Crippen molar-refractivity contribution in [1.29, 1.82) is 0 Å².